The zero-order chi connectivity index (χ0) is 14.7. The summed E-state index contributed by atoms with van der Waals surface area (Å²) in [7, 11) is 0. The van der Waals surface area contributed by atoms with Crippen molar-refractivity contribution in [3.8, 4) is 0 Å². The molecule has 1 atom stereocenters. The lowest BCUT2D eigenvalue weighted by atomic mass is 10.1. The van der Waals surface area contributed by atoms with Crippen LogP contribution in [-0.4, -0.2) is 46.0 Å². The lowest BCUT2D eigenvalue weighted by Gasteiger charge is -2.34. The van der Waals surface area contributed by atoms with E-state index >= 15 is 0 Å². The Bertz CT molecular complexity index is 538. The lowest BCUT2D eigenvalue weighted by Crippen LogP contribution is -2.47. The number of nitrogens with two attached hydrogens (primary N) is 1. The smallest absolute Gasteiger partial charge is 0.305 e. The van der Waals surface area contributed by atoms with E-state index in [2.05, 4.69) is 0 Å². The topological polar surface area (TPSA) is 83.6 Å². The fourth-order valence-electron chi connectivity index (χ4n) is 2.15. The molecule has 0 saturated carbocycles. The van der Waals surface area contributed by atoms with Gasteiger partial charge in [0.2, 0.25) is 0 Å². The summed E-state index contributed by atoms with van der Waals surface area (Å²) in [5.41, 5.74) is 5.63. The molecule has 1 aliphatic heterocycles. The van der Waals surface area contributed by atoms with Gasteiger partial charge in [0.15, 0.2) is 0 Å². The van der Waals surface area contributed by atoms with Gasteiger partial charge in [-0.2, -0.15) is 11.8 Å². The molecule has 0 spiro atoms. The number of hydrogen-bond acceptors (Lipinski definition) is 4. The molecule has 1 heterocycles. The second kappa shape index (κ2) is 6.13. The number of halogens is 1. The van der Waals surface area contributed by atoms with E-state index in [1.807, 2.05) is 0 Å². The molecule has 1 unspecified atom stereocenters. The Morgan fingerprint density at radius 1 is 1.50 bits per heavy atom. The van der Waals surface area contributed by atoms with Gasteiger partial charge in [-0.25, -0.2) is 4.39 Å². The second-order valence-electron chi connectivity index (χ2n) is 4.56. The maximum atomic E-state index is 13.8. The fourth-order valence-corrected chi connectivity index (χ4v) is 3.21. The highest BCUT2D eigenvalue weighted by Crippen LogP contribution is 2.23. The van der Waals surface area contributed by atoms with Gasteiger partial charge in [0.1, 0.15) is 5.82 Å². The first-order valence-electron chi connectivity index (χ1n) is 6.14. The number of benzene rings is 1. The molecule has 1 aliphatic rings. The molecule has 5 nitrogen and oxygen atoms in total. The van der Waals surface area contributed by atoms with Crippen LogP contribution < -0.4 is 5.73 Å². The number of carboxylic acids is 1. The number of carboxylic acid groups (broad SMARTS) is 1. The molecule has 0 aliphatic carbocycles. The fraction of sp³-hybridized carbons (Fsp3) is 0.385. The minimum absolute atomic E-state index is 0.0681. The molecule has 0 bridgehead atoms. The summed E-state index contributed by atoms with van der Waals surface area (Å²) in [4.78, 5) is 24.7. The van der Waals surface area contributed by atoms with Crippen molar-refractivity contribution in [2.75, 3.05) is 23.8 Å². The molecule has 1 aromatic rings. The van der Waals surface area contributed by atoms with Crippen LogP contribution in [0.5, 0.6) is 0 Å². The van der Waals surface area contributed by atoms with Gasteiger partial charge in [0, 0.05) is 23.7 Å². The zero-order valence-corrected chi connectivity index (χ0v) is 11.5. The van der Waals surface area contributed by atoms with E-state index < -0.39 is 23.7 Å². The number of nitrogen functional groups attached to an aromatic ring is 1. The maximum Gasteiger partial charge on any atom is 0.305 e. The van der Waals surface area contributed by atoms with Gasteiger partial charge >= 0.3 is 5.97 Å². The van der Waals surface area contributed by atoms with Gasteiger partial charge in [-0.15, -0.1) is 0 Å². The van der Waals surface area contributed by atoms with Gasteiger partial charge in [-0.1, -0.05) is 0 Å². The van der Waals surface area contributed by atoms with Gasteiger partial charge in [0.25, 0.3) is 5.91 Å². The summed E-state index contributed by atoms with van der Waals surface area (Å²) in [5.74, 6) is -0.850. The number of nitrogens with zero attached hydrogens (tertiary/aromatic N) is 1. The van der Waals surface area contributed by atoms with Crippen molar-refractivity contribution in [1.82, 2.24) is 4.90 Å². The molecular formula is C13H15FN2O3S. The summed E-state index contributed by atoms with van der Waals surface area (Å²) in [5, 5.41) is 8.89. The molecule has 0 aromatic heterocycles. The number of rotatable bonds is 3. The van der Waals surface area contributed by atoms with Crippen LogP contribution in [0, 0.1) is 5.82 Å². The van der Waals surface area contributed by atoms with Crippen LogP contribution in [-0.2, 0) is 4.79 Å². The summed E-state index contributed by atoms with van der Waals surface area (Å²) in [6.07, 6.45) is -0.130. The lowest BCUT2D eigenvalue weighted by molar-refractivity contribution is -0.138. The Morgan fingerprint density at radius 3 is 2.90 bits per heavy atom. The van der Waals surface area contributed by atoms with Crippen molar-refractivity contribution < 1.29 is 19.1 Å². The first-order chi connectivity index (χ1) is 9.49. The summed E-state index contributed by atoms with van der Waals surface area (Å²) < 4.78 is 13.8. The van der Waals surface area contributed by atoms with Gasteiger partial charge in [-0.05, 0) is 18.2 Å². The van der Waals surface area contributed by atoms with Crippen LogP contribution in [0.4, 0.5) is 10.1 Å². The average molecular weight is 298 g/mol. The molecule has 1 saturated heterocycles. The third kappa shape index (κ3) is 3.22. The quantitative estimate of drug-likeness (QED) is 0.825. The molecule has 1 amide bonds. The second-order valence-corrected chi connectivity index (χ2v) is 5.71. The Labute approximate surface area is 119 Å². The Morgan fingerprint density at radius 2 is 2.25 bits per heavy atom. The molecule has 108 valence electrons. The number of hydrogen-bond donors (Lipinski definition) is 2. The first kappa shape index (κ1) is 14.6. The van der Waals surface area contributed by atoms with Crippen molar-refractivity contribution in [3.63, 3.8) is 0 Å². The van der Waals surface area contributed by atoms with E-state index in [1.54, 1.807) is 11.8 Å². The highest BCUT2D eigenvalue weighted by Gasteiger charge is 2.30. The minimum atomic E-state index is -0.965. The predicted molar refractivity (Wildman–Crippen MR) is 75.2 cm³/mol. The van der Waals surface area contributed by atoms with Crippen LogP contribution in [0.15, 0.2) is 18.2 Å². The first-order valence-corrected chi connectivity index (χ1v) is 7.30. The monoisotopic (exact) mass is 298 g/mol. The molecule has 1 fully saturated rings. The summed E-state index contributed by atoms with van der Waals surface area (Å²) in [6, 6.07) is 3.49. The van der Waals surface area contributed by atoms with E-state index in [-0.39, 0.29) is 17.7 Å². The van der Waals surface area contributed by atoms with E-state index in [4.69, 9.17) is 10.8 Å². The van der Waals surface area contributed by atoms with Crippen molar-refractivity contribution in [3.05, 3.63) is 29.6 Å². The standard InChI is InChI=1S/C13H15FN2O3S/c14-11-5-8(15)1-2-10(11)13(19)16-3-4-20-7-9(16)6-12(17)18/h1-2,5,9H,3-4,6-7,15H2,(H,17,18). The summed E-state index contributed by atoms with van der Waals surface area (Å²) in [6.45, 7) is 0.422. The zero-order valence-electron chi connectivity index (χ0n) is 10.7. The minimum Gasteiger partial charge on any atom is -0.481 e. The highest BCUT2D eigenvalue weighted by atomic mass is 32.2. The Kier molecular flexibility index (Phi) is 4.49. The van der Waals surface area contributed by atoms with Crippen LogP contribution in [0.2, 0.25) is 0 Å². The van der Waals surface area contributed by atoms with E-state index in [0.717, 1.165) is 11.8 Å². The van der Waals surface area contributed by atoms with Gasteiger partial charge < -0.3 is 15.7 Å². The number of amides is 1. The van der Waals surface area contributed by atoms with Crippen molar-refractivity contribution >= 4 is 29.3 Å². The third-order valence-electron chi connectivity index (χ3n) is 3.12. The van der Waals surface area contributed by atoms with E-state index in [0.29, 0.717) is 12.3 Å². The average Bonchev–Trinajstić information content (AvgIpc) is 2.38. The van der Waals surface area contributed by atoms with Crippen molar-refractivity contribution in [2.45, 2.75) is 12.5 Å². The Hall–Kier alpha value is -1.76. The third-order valence-corrected chi connectivity index (χ3v) is 4.21. The van der Waals surface area contributed by atoms with Crippen LogP contribution in [0.25, 0.3) is 0 Å². The van der Waals surface area contributed by atoms with Crippen LogP contribution >= 0.6 is 11.8 Å². The maximum absolute atomic E-state index is 13.8. The number of aliphatic carboxylic acids is 1. The normalized spacial score (nSPS) is 18.9. The molecular weight excluding hydrogens is 283 g/mol. The molecule has 2 rings (SSSR count). The van der Waals surface area contributed by atoms with Crippen LogP contribution in [0.3, 0.4) is 0 Å². The number of carbonyl (C=O) groups excluding carboxylic acids is 1. The number of carbonyl (C=O) groups is 2. The van der Waals surface area contributed by atoms with E-state index in [9.17, 15) is 14.0 Å². The number of anilines is 1. The molecule has 20 heavy (non-hydrogen) atoms. The Balaban J connectivity index is 2.22. The van der Waals surface area contributed by atoms with Crippen molar-refractivity contribution in [2.24, 2.45) is 0 Å². The molecule has 3 N–H and O–H groups in total. The van der Waals surface area contributed by atoms with Crippen LogP contribution in [0.1, 0.15) is 16.8 Å². The van der Waals surface area contributed by atoms with Gasteiger partial charge in [-0.3, -0.25) is 9.59 Å². The highest BCUT2D eigenvalue weighted by molar-refractivity contribution is 7.99. The van der Waals surface area contributed by atoms with Crippen molar-refractivity contribution in [1.29, 1.82) is 0 Å². The molecule has 0 radical (unpaired) electrons. The molecule has 7 heteroatoms. The van der Waals surface area contributed by atoms with E-state index in [1.165, 1.54) is 17.0 Å². The summed E-state index contributed by atoms with van der Waals surface area (Å²) >= 11 is 1.60. The number of thioether (sulfide) groups is 1. The predicted octanol–water partition coefficient (Wildman–Crippen LogP) is 1.44. The van der Waals surface area contributed by atoms with Gasteiger partial charge in [0.05, 0.1) is 18.0 Å². The molecule has 1 aromatic carbocycles. The SMILES string of the molecule is Nc1ccc(C(=O)N2CCSCC2CC(=O)O)c(F)c1. The largest absolute Gasteiger partial charge is 0.481 e.